The Bertz CT molecular complexity index is 490. The van der Waals surface area contributed by atoms with Gasteiger partial charge in [0.05, 0.1) is 5.04 Å². The molecule has 1 aromatic rings. The molecule has 2 atom stereocenters. The van der Waals surface area contributed by atoms with Crippen LogP contribution in [0.2, 0.25) is 0 Å². The first-order valence-electron chi connectivity index (χ1n) is 7.39. The van der Waals surface area contributed by atoms with Crippen molar-refractivity contribution in [1.82, 2.24) is 5.32 Å². The molecule has 1 aromatic carbocycles. The largest absolute Gasteiger partial charge is 0.396 e. The number of rotatable bonds is 7. The second kappa shape index (κ2) is 8.20. The molecule has 21 heavy (non-hydrogen) atoms. The van der Waals surface area contributed by atoms with Gasteiger partial charge in [-0.2, -0.15) is 0 Å². The summed E-state index contributed by atoms with van der Waals surface area (Å²) in [5.74, 6) is 1.03. The molecule has 4 nitrogen and oxygen atoms in total. The number of hydrogen-bond acceptors (Lipinski definition) is 4. The standard InChI is InChI=1S/C16H22N2O2S/c1-2-12(8-9-19)10-17-15(20)14-11-21-16(18-14)13-6-4-3-5-7-13/h3-7,12,14,19H,2,8-11H2,1H3,(H,17,20). The van der Waals surface area contributed by atoms with Crippen molar-refractivity contribution in [3.05, 3.63) is 35.9 Å². The van der Waals surface area contributed by atoms with Gasteiger partial charge in [0.1, 0.15) is 6.04 Å². The SMILES string of the molecule is CCC(CCO)CNC(=O)C1CSC(c2ccccc2)=N1. The third-order valence-electron chi connectivity index (χ3n) is 3.65. The molecule has 0 aromatic heterocycles. The quantitative estimate of drug-likeness (QED) is 0.811. The molecule has 0 radical (unpaired) electrons. The summed E-state index contributed by atoms with van der Waals surface area (Å²) in [4.78, 5) is 16.7. The normalized spacial score (nSPS) is 19.1. The lowest BCUT2D eigenvalue weighted by Crippen LogP contribution is -2.37. The number of aliphatic hydroxyl groups excluding tert-OH is 1. The maximum absolute atomic E-state index is 12.2. The van der Waals surface area contributed by atoms with E-state index in [1.807, 2.05) is 30.3 Å². The van der Waals surface area contributed by atoms with E-state index in [1.165, 1.54) is 0 Å². The minimum absolute atomic E-state index is 0.00943. The van der Waals surface area contributed by atoms with Crippen LogP contribution in [0.5, 0.6) is 0 Å². The van der Waals surface area contributed by atoms with E-state index >= 15 is 0 Å². The number of aliphatic hydroxyl groups is 1. The minimum atomic E-state index is -0.295. The number of nitrogens with one attached hydrogen (secondary N) is 1. The molecule has 1 heterocycles. The molecule has 2 N–H and O–H groups in total. The van der Waals surface area contributed by atoms with Gasteiger partial charge in [0.15, 0.2) is 0 Å². The van der Waals surface area contributed by atoms with Crippen molar-refractivity contribution < 1.29 is 9.90 Å². The lowest BCUT2D eigenvalue weighted by molar-refractivity contribution is -0.121. The average molecular weight is 306 g/mol. The Morgan fingerprint density at radius 3 is 2.90 bits per heavy atom. The molecule has 0 saturated heterocycles. The molecular weight excluding hydrogens is 284 g/mol. The Kier molecular flexibility index (Phi) is 6.26. The van der Waals surface area contributed by atoms with Crippen LogP contribution in [0.1, 0.15) is 25.3 Å². The fourth-order valence-corrected chi connectivity index (χ4v) is 3.29. The second-order valence-electron chi connectivity index (χ2n) is 5.16. The van der Waals surface area contributed by atoms with Crippen LogP contribution in [0.25, 0.3) is 0 Å². The third-order valence-corrected chi connectivity index (χ3v) is 4.75. The van der Waals surface area contributed by atoms with Gasteiger partial charge >= 0.3 is 0 Å². The highest BCUT2D eigenvalue weighted by molar-refractivity contribution is 8.14. The maximum Gasteiger partial charge on any atom is 0.245 e. The molecule has 2 rings (SSSR count). The summed E-state index contributed by atoms with van der Waals surface area (Å²) in [5, 5.41) is 12.9. The van der Waals surface area contributed by atoms with E-state index in [0.29, 0.717) is 18.2 Å². The zero-order valence-corrected chi connectivity index (χ0v) is 13.1. The molecule has 1 aliphatic heterocycles. The lowest BCUT2D eigenvalue weighted by atomic mass is 10.0. The topological polar surface area (TPSA) is 61.7 Å². The van der Waals surface area contributed by atoms with Crippen LogP contribution in [0.3, 0.4) is 0 Å². The number of carbonyl (C=O) groups is 1. The summed E-state index contributed by atoms with van der Waals surface area (Å²) in [6, 6.07) is 9.66. The van der Waals surface area contributed by atoms with Crippen LogP contribution < -0.4 is 5.32 Å². The van der Waals surface area contributed by atoms with Crippen molar-refractivity contribution in [3.8, 4) is 0 Å². The van der Waals surface area contributed by atoms with Crippen LogP contribution in [0.15, 0.2) is 35.3 Å². The Labute approximate surface area is 130 Å². The molecule has 1 aliphatic rings. The van der Waals surface area contributed by atoms with E-state index in [9.17, 15) is 4.79 Å². The van der Waals surface area contributed by atoms with E-state index in [1.54, 1.807) is 11.8 Å². The molecule has 1 amide bonds. The number of nitrogens with zero attached hydrogens (tertiary/aromatic N) is 1. The molecule has 114 valence electrons. The molecule has 0 bridgehead atoms. The lowest BCUT2D eigenvalue weighted by Gasteiger charge is -2.15. The number of hydrogen-bond donors (Lipinski definition) is 2. The van der Waals surface area contributed by atoms with Crippen LogP contribution in [0, 0.1) is 5.92 Å². The second-order valence-corrected chi connectivity index (χ2v) is 6.17. The van der Waals surface area contributed by atoms with Gasteiger partial charge in [0.25, 0.3) is 0 Å². The van der Waals surface area contributed by atoms with Crippen LogP contribution in [0.4, 0.5) is 0 Å². The van der Waals surface area contributed by atoms with E-state index in [4.69, 9.17) is 5.11 Å². The summed E-state index contributed by atoms with van der Waals surface area (Å²) in [5.41, 5.74) is 1.07. The van der Waals surface area contributed by atoms with Gasteiger partial charge in [-0.15, -0.1) is 11.8 Å². The molecule has 0 aliphatic carbocycles. The summed E-state index contributed by atoms with van der Waals surface area (Å²) in [6.07, 6.45) is 1.69. The first-order valence-corrected chi connectivity index (χ1v) is 8.37. The highest BCUT2D eigenvalue weighted by Crippen LogP contribution is 2.23. The zero-order valence-electron chi connectivity index (χ0n) is 12.3. The molecule has 0 fully saturated rings. The fraction of sp³-hybridized carbons (Fsp3) is 0.500. The van der Waals surface area contributed by atoms with E-state index in [2.05, 4.69) is 17.2 Å². The third kappa shape index (κ3) is 4.58. The highest BCUT2D eigenvalue weighted by atomic mass is 32.2. The van der Waals surface area contributed by atoms with Crippen LogP contribution in [-0.4, -0.2) is 41.0 Å². The molecule has 0 spiro atoms. The van der Waals surface area contributed by atoms with Crippen molar-refractivity contribution in [2.24, 2.45) is 10.9 Å². The van der Waals surface area contributed by atoms with Gasteiger partial charge < -0.3 is 10.4 Å². The molecule has 2 unspecified atom stereocenters. The van der Waals surface area contributed by atoms with E-state index in [0.717, 1.165) is 23.4 Å². The van der Waals surface area contributed by atoms with Crippen molar-refractivity contribution in [2.45, 2.75) is 25.8 Å². The number of thioether (sulfide) groups is 1. The first-order chi connectivity index (χ1) is 10.2. The van der Waals surface area contributed by atoms with Crippen molar-refractivity contribution >= 4 is 22.7 Å². The van der Waals surface area contributed by atoms with Crippen LogP contribution >= 0.6 is 11.8 Å². The summed E-state index contributed by atoms with van der Waals surface area (Å²) < 4.78 is 0. The van der Waals surface area contributed by atoms with Gasteiger partial charge in [-0.25, -0.2) is 0 Å². The first kappa shape index (κ1) is 16.0. The Morgan fingerprint density at radius 1 is 1.48 bits per heavy atom. The van der Waals surface area contributed by atoms with Gasteiger partial charge in [0, 0.05) is 24.5 Å². The summed E-state index contributed by atoms with van der Waals surface area (Å²) >= 11 is 1.63. The molecule has 5 heteroatoms. The predicted octanol–water partition coefficient (Wildman–Crippen LogP) is 2.07. The average Bonchev–Trinajstić information content (AvgIpc) is 3.02. The number of aliphatic imine (C=N–C) groups is 1. The maximum atomic E-state index is 12.2. The van der Waals surface area contributed by atoms with Gasteiger partial charge in [0.2, 0.25) is 5.91 Å². The molecular formula is C16H22N2O2S. The van der Waals surface area contributed by atoms with Crippen molar-refractivity contribution in [3.63, 3.8) is 0 Å². The molecule has 0 saturated carbocycles. The fourth-order valence-electron chi connectivity index (χ4n) is 2.24. The van der Waals surface area contributed by atoms with E-state index < -0.39 is 0 Å². The highest BCUT2D eigenvalue weighted by Gasteiger charge is 2.25. The van der Waals surface area contributed by atoms with Crippen LogP contribution in [-0.2, 0) is 4.79 Å². The predicted molar refractivity (Wildman–Crippen MR) is 87.7 cm³/mol. The summed E-state index contributed by atoms with van der Waals surface area (Å²) in [6.45, 7) is 2.86. The smallest absolute Gasteiger partial charge is 0.245 e. The Morgan fingerprint density at radius 2 is 2.24 bits per heavy atom. The van der Waals surface area contributed by atoms with Crippen molar-refractivity contribution in [1.29, 1.82) is 0 Å². The number of amides is 1. The summed E-state index contributed by atoms with van der Waals surface area (Å²) in [7, 11) is 0. The van der Waals surface area contributed by atoms with Gasteiger partial charge in [-0.05, 0) is 12.3 Å². The number of carbonyl (C=O) groups excluding carboxylic acids is 1. The minimum Gasteiger partial charge on any atom is -0.396 e. The Balaban J connectivity index is 1.88. The van der Waals surface area contributed by atoms with Gasteiger partial charge in [-0.3, -0.25) is 9.79 Å². The Hall–Kier alpha value is -1.33. The van der Waals surface area contributed by atoms with Gasteiger partial charge in [-0.1, -0.05) is 43.7 Å². The number of benzene rings is 1. The monoisotopic (exact) mass is 306 g/mol. The van der Waals surface area contributed by atoms with E-state index in [-0.39, 0.29) is 18.6 Å². The zero-order chi connectivity index (χ0) is 15.1. The van der Waals surface area contributed by atoms with Crippen molar-refractivity contribution in [2.75, 3.05) is 18.9 Å².